The van der Waals surface area contributed by atoms with Crippen molar-refractivity contribution in [2.45, 2.75) is 56.7 Å². The molecule has 3 unspecified atom stereocenters. The van der Waals surface area contributed by atoms with Gasteiger partial charge in [-0.25, -0.2) is 0 Å². The van der Waals surface area contributed by atoms with Gasteiger partial charge in [0, 0.05) is 5.25 Å². The van der Waals surface area contributed by atoms with Crippen LogP contribution >= 0.6 is 11.8 Å². The van der Waals surface area contributed by atoms with E-state index in [0.717, 1.165) is 25.2 Å². The summed E-state index contributed by atoms with van der Waals surface area (Å²) < 4.78 is 4.97. The van der Waals surface area contributed by atoms with Crippen LogP contribution in [0.15, 0.2) is 0 Å². The molecule has 106 valence electrons. The molecule has 1 saturated carbocycles. The highest BCUT2D eigenvalue weighted by molar-refractivity contribution is 7.99. The van der Waals surface area contributed by atoms with Crippen LogP contribution in [-0.4, -0.2) is 36.7 Å². The number of esters is 1. The summed E-state index contributed by atoms with van der Waals surface area (Å²) in [6.07, 6.45) is 5.36. The molecule has 4 heteroatoms. The van der Waals surface area contributed by atoms with E-state index < -0.39 is 5.54 Å². The van der Waals surface area contributed by atoms with Crippen molar-refractivity contribution in [2.75, 3.05) is 19.9 Å². The SMILES string of the molecule is CCC(C)CSC1CCCC(NC)(C(=O)OC)C1. The number of nitrogens with one attached hydrogen (secondary N) is 1. The molecular formula is C14H27NO2S. The van der Waals surface area contributed by atoms with Crippen molar-refractivity contribution in [3.63, 3.8) is 0 Å². The predicted molar refractivity (Wildman–Crippen MR) is 78.0 cm³/mol. The summed E-state index contributed by atoms with van der Waals surface area (Å²) in [4.78, 5) is 12.0. The molecule has 0 amide bonds. The van der Waals surface area contributed by atoms with Gasteiger partial charge < -0.3 is 10.1 Å². The third-order valence-electron chi connectivity index (χ3n) is 4.07. The molecule has 0 aromatic rings. The van der Waals surface area contributed by atoms with Crippen LogP contribution in [0.2, 0.25) is 0 Å². The fourth-order valence-electron chi connectivity index (χ4n) is 2.49. The molecule has 0 spiro atoms. The first-order valence-electron chi connectivity index (χ1n) is 6.97. The van der Waals surface area contributed by atoms with Crippen LogP contribution in [0.25, 0.3) is 0 Å². The monoisotopic (exact) mass is 273 g/mol. The van der Waals surface area contributed by atoms with Crippen LogP contribution in [0.5, 0.6) is 0 Å². The quantitative estimate of drug-likeness (QED) is 0.755. The van der Waals surface area contributed by atoms with E-state index in [2.05, 4.69) is 19.2 Å². The Kier molecular flexibility index (Phi) is 6.50. The first-order chi connectivity index (χ1) is 8.57. The highest BCUT2D eigenvalue weighted by Gasteiger charge is 2.42. The second-order valence-corrected chi connectivity index (χ2v) is 6.72. The van der Waals surface area contributed by atoms with Crippen molar-refractivity contribution >= 4 is 17.7 Å². The van der Waals surface area contributed by atoms with E-state index in [1.807, 2.05) is 18.8 Å². The molecule has 1 fully saturated rings. The fourth-order valence-corrected chi connectivity index (χ4v) is 4.07. The van der Waals surface area contributed by atoms with Gasteiger partial charge in [0.15, 0.2) is 0 Å². The van der Waals surface area contributed by atoms with E-state index >= 15 is 0 Å². The van der Waals surface area contributed by atoms with Gasteiger partial charge in [0.2, 0.25) is 0 Å². The Labute approximate surface area is 115 Å². The summed E-state index contributed by atoms with van der Waals surface area (Å²) in [5.41, 5.74) is -0.444. The standard InChI is InChI=1S/C14H27NO2S/c1-5-11(2)10-18-12-7-6-8-14(9-12,15-3)13(16)17-4/h11-12,15H,5-10H2,1-4H3. The third-order valence-corrected chi connectivity index (χ3v) is 5.71. The van der Waals surface area contributed by atoms with Crippen LogP contribution in [0, 0.1) is 5.92 Å². The van der Waals surface area contributed by atoms with Crippen LogP contribution in [0.1, 0.15) is 46.0 Å². The molecule has 0 aliphatic heterocycles. The zero-order valence-corrected chi connectivity index (χ0v) is 12.9. The van der Waals surface area contributed by atoms with Gasteiger partial charge in [-0.1, -0.05) is 20.3 Å². The molecule has 1 aliphatic rings. The Hall–Kier alpha value is -0.220. The third kappa shape index (κ3) is 3.89. The van der Waals surface area contributed by atoms with Crippen molar-refractivity contribution in [2.24, 2.45) is 5.92 Å². The summed E-state index contributed by atoms with van der Waals surface area (Å²) in [6, 6.07) is 0. The zero-order chi connectivity index (χ0) is 13.6. The normalized spacial score (nSPS) is 29.9. The zero-order valence-electron chi connectivity index (χ0n) is 12.1. The first kappa shape index (κ1) is 15.8. The Morgan fingerprint density at radius 3 is 2.89 bits per heavy atom. The fraction of sp³-hybridized carbons (Fsp3) is 0.929. The second kappa shape index (κ2) is 7.39. The highest BCUT2D eigenvalue weighted by Crippen LogP contribution is 2.36. The van der Waals surface area contributed by atoms with Crippen LogP contribution in [0.4, 0.5) is 0 Å². The maximum atomic E-state index is 12.0. The first-order valence-corrected chi connectivity index (χ1v) is 8.01. The lowest BCUT2D eigenvalue weighted by Gasteiger charge is -2.38. The molecule has 1 rings (SSSR count). The average Bonchev–Trinajstić information content (AvgIpc) is 2.43. The van der Waals surface area contributed by atoms with E-state index in [-0.39, 0.29) is 5.97 Å². The average molecular weight is 273 g/mol. The molecule has 0 heterocycles. The van der Waals surface area contributed by atoms with Gasteiger partial charge in [0.05, 0.1) is 7.11 Å². The van der Waals surface area contributed by atoms with Gasteiger partial charge in [-0.05, 0) is 44.4 Å². The molecule has 0 aromatic heterocycles. The van der Waals surface area contributed by atoms with Crippen LogP contribution in [-0.2, 0) is 9.53 Å². The molecule has 3 atom stereocenters. The lowest BCUT2D eigenvalue weighted by atomic mass is 9.81. The van der Waals surface area contributed by atoms with Gasteiger partial charge in [-0.2, -0.15) is 11.8 Å². The minimum absolute atomic E-state index is 0.0983. The molecule has 0 saturated heterocycles. The van der Waals surface area contributed by atoms with Gasteiger partial charge in [0.1, 0.15) is 5.54 Å². The summed E-state index contributed by atoms with van der Waals surface area (Å²) in [5.74, 6) is 1.86. The lowest BCUT2D eigenvalue weighted by Crippen LogP contribution is -2.54. The minimum Gasteiger partial charge on any atom is -0.468 e. The topological polar surface area (TPSA) is 38.3 Å². The van der Waals surface area contributed by atoms with E-state index in [4.69, 9.17) is 4.74 Å². The van der Waals surface area contributed by atoms with Crippen molar-refractivity contribution in [1.82, 2.24) is 5.32 Å². The minimum atomic E-state index is -0.444. The van der Waals surface area contributed by atoms with Gasteiger partial charge in [-0.3, -0.25) is 4.79 Å². The maximum Gasteiger partial charge on any atom is 0.326 e. The molecule has 1 N–H and O–H groups in total. The molecular weight excluding hydrogens is 246 g/mol. The number of carbonyl (C=O) groups is 1. The lowest BCUT2D eigenvalue weighted by molar-refractivity contribution is -0.149. The van der Waals surface area contributed by atoms with E-state index in [1.54, 1.807) is 0 Å². The van der Waals surface area contributed by atoms with Gasteiger partial charge in [-0.15, -0.1) is 0 Å². The van der Waals surface area contributed by atoms with Gasteiger partial charge in [0.25, 0.3) is 0 Å². The summed E-state index contributed by atoms with van der Waals surface area (Å²) >= 11 is 2.03. The second-order valence-electron chi connectivity index (χ2n) is 5.39. The molecule has 0 aromatic carbocycles. The van der Waals surface area contributed by atoms with Crippen molar-refractivity contribution in [3.8, 4) is 0 Å². The molecule has 3 nitrogen and oxygen atoms in total. The number of ether oxygens (including phenoxy) is 1. The largest absolute Gasteiger partial charge is 0.468 e. The molecule has 0 radical (unpaired) electrons. The van der Waals surface area contributed by atoms with E-state index in [1.165, 1.54) is 25.7 Å². The summed E-state index contributed by atoms with van der Waals surface area (Å²) in [5, 5.41) is 3.79. The van der Waals surface area contributed by atoms with Crippen molar-refractivity contribution in [1.29, 1.82) is 0 Å². The number of thioether (sulfide) groups is 1. The maximum absolute atomic E-state index is 12.0. The van der Waals surface area contributed by atoms with E-state index in [0.29, 0.717) is 5.25 Å². The van der Waals surface area contributed by atoms with Gasteiger partial charge >= 0.3 is 5.97 Å². The predicted octanol–water partition coefficient (Wildman–Crippen LogP) is 2.84. The van der Waals surface area contributed by atoms with Crippen molar-refractivity contribution in [3.05, 3.63) is 0 Å². The molecule has 1 aliphatic carbocycles. The van der Waals surface area contributed by atoms with Crippen molar-refractivity contribution < 1.29 is 9.53 Å². The van der Waals surface area contributed by atoms with Crippen LogP contribution in [0.3, 0.4) is 0 Å². The number of carbonyl (C=O) groups excluding carboxylic acids is 1. The number of rotatable bonds is 6. The number of hydrogen-bond acceptors (Lipinski definition) is 4. The highest BCUT2D eigenvalue weighted by atomic mass is 32.2. The number of likely N-dealkylation sites (N-methyl/N-ethyl adjacent to an activating group) is 1. The number of methoxy groups -OCH3 is 1. The van der Waals surface area contributed by atoms with E-state index in [9.17, 15) is 4.79 Å². The Balaban J connectivity index is 2.56. The summed E-state index contributed by atoms with van der Waals surface area (Å²) in [7, 11) is 3.36. The number of hydrogen-bond donors (Lipinski definition) is 1. The molecule has 18 heavy (non-hydrogen) atoms. The molecule has 0 bridgehead atoms. The Bertz CT molecular complexity index is 273. The summed E-state index contributed by atoms with van der Waals surface area (Å²) in [6.45, 7) is 4.53. The van der Waals surface area contributed by atoms with Crippen LogP contribution < -0.4 is 5.32 Å². The smallest absolute Gasteiger partial charge is 0.326 e. The Morgan fingerprint density at radius 1 is 1.61 bits per heavy atom. The Morgan fingerprint density at radius 2 is 2.33 bits per heavy atom.